The van der Waals surface area contributed by atoms with Gasteiger partial charge in [0.05, 0.1) is 0 Å². The molecule has 0 saturated heterocycles. The molecule has 98 valence electrons. The minimum absolute atomic E-state index is 0.228. The van der Waals surface area contributed by atoms with Gasteiger partial charge in [-0.3, -0.25) is 0 Å². The van der Waals surface area contributed by atoms with E-state index in [9.17, 15) is 0 Å². The van der Waals surface area contributed by atoms with Crippen LogP contribution in [0, 0.1) is 5.41 Å². The van der Waals surface area contributed by atoms with Gasteiger partial charge in [0.25, 0.3) is 0 Å². The minimum atomic E-state index is -0.228. The van der Waals surface area contributed by atoms with E-state index in [-0.39, 0.29) is 4.51 Å². The molecule has 0 aromatic carbocycles. The fourth-order valence-corrected chi connectivity index (χ4v) is 4.82. The smallest absolute Gasteiger partial charge is 0.142 e. The summed E-state index contributed by atoms with van der Waals surface area (Å²) in [5.41, 5.74) is 3.62. The van der Waals surface area contributed by atoms with Crippen LogP contribution in [-0.4, -0.2) is 11.1 Å². The Bertz CT molecular complexity index is 311. The summed E-state index contributed by atoms with van der Waals surface area (Å²) >= 11 is 3.86. The van der Waals surface area contributed by atoms with E-state index in [1.54, 1.807) is 11.1 Å². The highest BCUT2D eigenvalue weighted by Gasteiger charge is 2.48. The second kappa shape index (κ2) is 5.05. The van der Waals surface area contributed by atoms with E-state index in [0.29, 0.717) is 5.41 Å². The van der Waals surface area contributed by atoms with Gasteiger partial charge >= 0.3 is 0 Å². The van der Waals surface area contributed by atoms with Crippen molar-refractivity contribution in [3.8, 4) is 0 Å². The van der Waals surface area contributed by atoms with Crippen LogP contribution in [-0.2, 0) is 4.74 Å². The van der Waals surface area contributed by atoms with Crippen LogP contribution in [0.2, 0.25) is 0 Å². The summed E-state index contributed by atoms with van der Waals surface area (Å²) in [6, 6.07) is 0. The summed E-state index contributed by atoms with van der Waals surface area (Å²) < 4.78 is 5.85. The number of halogens is 1. The minimum Gasteiger partial charge on any atom is -0.360 e. The molecule has 2 rings (SSSR count). The number of ether oxygens (including phenoxy) is 1. The molecular formula is C15H25BrO. The van der Waals surface area contributed by atoms with Gasteiger partial charge in [0.1, 0.15) is 4.51 Å². The SMILES string of the molecule is CCCOC(C)(Br)C1=C(C)CCC12CCCC2. The molecule has 2 heteroatoms. The van der Waals surface area contributed by atoms with Gasteiger partial charge in [-0.15, -0.1) is 0 Å². The van der Waals surface area contributed by atoms with Crippen LogP contribution in [0.1, 0.15) is 65.7 Å². The quantitative estimate of drug-likeness (QED) is 0.512. The van der Waals surface area contributed by atoms with E-state index < -0.39 is 0 Å². The molecule has 0 bridgehead atoms. The average molecular weight is 301 g/mol. The number of rotatable bonds is 4. The van der Waals surface area contributed by atoms with E-state index in [4.69, 9.17) is 4.74 Å². The lowest BCUT2D eigenvalue weighted by atomic mass is 9.77. The van der Waals surface area contributed by atoms with Crippen molar-refractivity contribution in [2.75, 3.05) is 6.61 Å². The zero-order valence-electron chi connectivity index (χ0n) is 11.4. The first-order chi connectivity index (χ1) is 8.02. The van der Waals surface area contributed by atoms with Gasteiger partial charge in [-0.2, -0.15) is 0 Å². The van der Waals surface area contributed by atoms with Crippen molar-refractivity contribution in [3.63, 3.8) is 0 Å². The van der Waals surface area contributed by atoms with Crippen molar-refractivity contribution in [3.05, 3.63) is 11.1 Å². The van der Waals surface area contributed by atoms with Crippen LogP contribution >= 0.6 is 15.9 Å². The molecule has 1 spiro atoms. The van der Waals surface area contributed by atoms with E-state index in [2.05, 4.69) is 36.7 Å². The van der Waals surface area contributed by atoms with Crippen molar-refractivity contribution in [1.29, 1.82) is 0 Å². The van der Waals surface area contributed by atoms with Crippen molar-refractivity contribution in [2.45, 2.75) is 70.2 Å². The standard InChI is InChI=1S/C15H25BrO/c1-4-11-17-14(3,16)13-12(2)7-10-15(13)8-5-6-9-15/h4-11H2,1-3H3. The Kier molecular flexibility index (Phi) is 4.04. The van der Waals surface area contributed by atoms with Crippen LogP contribution in [0.25, 0.3) is 0 Å². The second-order valence-corrected chi connectivity index (χ2v) is 7.42. The predicted octanol–water partition coefficient (Wildman–Crippen LogP) is 5.19. The summed E-state index contributed by atoms with van der Waals surface area (Å²) in [5, 5.41) is 0. The number of hydrogen-bond donors (Lipinski definition) is 0. The number of hydrogen-bond acceptors (Lipinski definition) is 1. The molecule has 17 heavy (non-hydrogen) atoms. The van der Waals surface area contributed by atoms with E-state index in [0.717, 1.165) is 13.0 Å². The zero-order chi connectivity index (χ0) is 12.5. The maximum absolute atomic E-state index is 6.08. The molecule has 0 aromatic heterocycles. The zero-order valence-corrected chi connectivity index (χ0v) is 13.0. The second-order valence-electron chi connectivity index (χ2n) is 5.91. The summed E-state index contributed by atoms with van der Waals surface area (Å²) in [4.78, 5) is 0. The van der Waals surface area contributed by atoms with Crippen LogP contribution in [0.5, 0.6) is 0 Å². The topological polar surface area (TPSA) is 9.23 Å². The van der Waals surface area contributed by atoms with E-state index in [1.807, 2.05) is 0 Å². The van der Waals surface area contributed by atoms with E-state index >= 15 is 0 Å². The summed E-state index contributed by atoms with van der Waals surface area (Å²) in [6.45, 7) is 7.52. The van der Waals surface area contributed by atoms with Gasteiger partial charge in [0.2, 0.25) is 0 Å². The van der Waals surface area contributed by atoms with Gasteiger partial charge in [0.15, 0.2) is 0 Å². The summed E-state index contributed by atoms with van der Waals surface area (Å²) in [5.74, 6) is 0. The molecule has 0 amide bonds. The van der Waals surface area contributed by atoms with Crippen molar-refractivity contribution < 1.29 is 4.74 Å². The molecule has 0 aliphatic heterocycles. The Balaban J connectivity index is 2.24. The van der Waals surface area contributed by atoms with Gasteiger partial charge in [0, 0.05) is 6.61 Å². The Morgan fingerprint density at radius 3 is 2.53 bits per heavy atom. The molecule has 2 aliphatic rings. The van der Waals surface area contributed by atoms with Gasteiger partial charge < -0.3 is 4.74 Å². The molecule has 1 saturated carbocycles. The number of allylic oxidation sites excluding steroid dienone is 1. The monoisotopic (exact) mass is 300 g/mol. The first-order valence-electron chi connectivity index (χ1n) is 7.05. The normalized spacial score (nSPS) is 26.8. The third kappa shape index (κ3) is 2.49. The van der Waals surface area contributed by atoms with Crippen LogP contribution in [0.4, 0.5) is 0 Å². The first kappa shape index (κ1) is 13.6. The Morgan fingerprint density at radius 1 is 1.29 bits per heavy atom. The van der Waals surface area contributed by atoms with Gasteiger partial charge in [-0.25, -0.2) is 0 Å². The Hall–Kier alpha value is 0.180. The molecule has 1 nitrogen and oxygen atoms in total. The molecule has 1 atom stereocenters. The third-order valence-corrected chi connectivity index (χ3v) is 5.15. The third-order valence-electron chi connectivity index (χ3n) is 4.52. The van der Waals surface area contributed by atoms with Crippen molar-refractivity contribution in [1.82, 2.24) is 0 Å². The van der Waals surface area contributed by atoms with Crippen molar-refractivity contribution in [2.24, 2.45) is 5.41 Å². The molecule has 0 aromatic rings. The maximum Gasteiger partial charge on any atom is 0.142 e. The van der Waals surface area contributed by atoms with Gasteiger partial charge in [-0.1, -0.05) is 25.3 Å². The molecule has 1 fully saturated rings. The van der Waals surface area contributed by atoms with Crippen molar-refractivity contribution >= 4 is 15.9 Å². The highest BCUT2D eigenvalue weighted by molar-refractivity contribution is 9.10. The highest BCUT2D eigenvalue weighted by Crippen LogP contribution is 2.58. The largest absolute Gasteiger partial charge is 0.360 e. The summed E-state index contributed by atoms with van der Waals surface area (Å²) in [7, 11) is 0. The first-order valence-corrected chi connectivity index (χ1v) is 7.85. The van der Waals surface area contributed by atoms with E-state index in [1.165, 1.54) is 38.5 Å². The highest BCUT2D eigenvalue weighted by atomic mass is 79.9. The Morgan fingerprint density at radius 2 is 1.94 bits per heavy atom. The molecule has 0 heterocycles. The lowest BCUT2D eigenvalue weighted by molar-refractivity contribution is 0.0543. The fourth-order valence-electron chi connectivity index (χ4n) is 3.90. The number of alkyl halides is 1. The molecule has 1 unspecified atom stereocenters. The predicted molar refractivity (Wildman–Crippen MR) is 76.4 cm³/mol. The average Bonchev–Trinajstić information content (AvgIpc) is 2.85. The Labute approximate surface area is 114 Å². The lowest BCUT2D eigenvalue weighted by Gasteiger charge is -2.37. The molecular weight excluding hydrogens is 276 g/mol. The van der Waals surface area contributed by atoms with Crippen LogP contribution < -0.4 is 0 Å². The maximum atomic E-state index is 6.08. The van der Waals surface area contributed by atoms with Crippen LogP contribution in [0.15, 0.2) is 11.1 Å². The summed E-state index contributed by atoms with van der Waals surface area (Å²) in [6.07, 6.45) is 9.24. The molecule has 0 radical (unpaired) electrons. The molecule has 2 aliphatic carbocycles. The fraction of sp³-hybridized carbons (Fsp3) is 0.867. The lowest BCUT2D eigenvalue weighted by Crippen LogP contribution is -2.33. The van der Waals surface area contributed by atoms with Gasteiger partial charge in [-0.05, 0) is 72.9 Å². The van der Waals surface area contributed by atoms with Crippen LogP contribution in [0.3, 0.4) is 0 Å². The molecule has 0 N–H and O–H groups in total.